The molecule has 0 spiro atoms. The second-order valence-corrected chi connectivity index (χ2v) is 6.60. The first-order chi connectivity index (χ1) is 11.1. The Balaban J connectivity index is 1.83. The van der Waals surface area contributed by atoms with Crippen molar-refractivity contribution in [3.63, 3.8) is 0 Å². The van der Waals surface area contributed by atoms with Gasteiger partial charge in [-0.25, -0.2) is 4.90 Å². The van der Waals surface area contributed by atoms with Crippen LogP contribution in [-0.2, 0) is 9.59 Å². The van der Waals surface area contributed by atoms with E-state index in [4.69, 9.17) is 11.6 Å². The molecule has 3 rings (SSSR count). The highest BCUT2D eigenvalue weighted by Crippen LogP contribution is 2.31. The molecule has 2 fully saturated rings. The minimum Gasteiger partial charge on any atom is -0.396 e. The molecular weight excluding hydrogens is 316 g/mol. The van der Waals surface area contributed by atoms with E-state index >= 15 is 0 Å². The summed E-state index contributed by atoms with van der Waals surface area (Å²) in [4.78, 5) is 28.6. The maximum Gasteiger partial charge on any atom is 0.251 e. The molecule has 0 saturated carbocycles. The van der Waals surface area contributed by atoms with Gasteiger partial charge in [0, 0.05) is 17.7 Å². The molecule has 0 unspecified atom stereocenters. The van der Waals surface area contributed by atoms with Gasteiger partial charge in [0.15, 0.2) is 0 Å². The van der Waals surface area contributed by atoms with Crippen molar-refractivity contribution in [2.45, 2.75) is 44.2 Å². The zero-order valence-corrected chi connectivity index (χ0v) is 13.7. The van der Waals surface area contributed by atoms with Crippen molar-refractivity contribution >= 4 is 29.1 Å². The molecule has 2 saturated heterocycles. The largest absolute Gasteiger partial charge is 0.396 e. The van der Waals surface area contributed by atoms with Gasteiger partial charge in [-0.15, -0.1) is 0 Å². The first kappa shape index (κ1) is 16.4. The lowest BCUT2D eigenvalue weighted by Crippen LogP contribution is -2.50. The van der Waals surface area contributed by atoms with E-state index in [1.165, 1.54) is 4.90 Å². The molecule has 1 N–H and O–H groups in total. The molecule has 2 aliphatic rings. The second kappa shape index (κ2) is 6.99. The van der Waals surface area contributed by atoms with Crippen molar-refractivity contribution in [2.75, 3.05) is 18.1 Å². The van der Waals surface area contributed by atoms with Crippen LogP contribution in [0.1, 0.15) is 32.1 Å². The number of carbonyl (C=O) groups is 2. The number of benzene rings is 1. The van der Waals surface area contributed by atoms with Gasteiger partial charge in [-0.2, -0.15) is 0 Å². The van der Waals surface area contributed by atoms with E-state index in [2.05, 4.69) is 4.90 Å². The number of rotatable bonds is 4. The van der Waals surface area contributed by atoms with E-state index in [0.29, 0.717) is 17.1 Å². The number of amides is 2. The van der Waals surface area contributed by atoms with Gasteiger partial charge in [0.05, 0.1) is 18.2 Å². The molecule has 1 aromatic carbocycles. The Kier molecular flexibility index (Phi) is 4.99. The lowest BCUT2D eigenvalue weighted by Gasteiger charge is -2.38. The molecule has 0 aliphatic carbocycles. The van der Waals surface area contributed by atoms with Crippen molar-refractivity contribution in [3.8, 4) is 0 Å². The fraction of sp³-hybridized carbons (Fsp3) is 0.529. The van der Waals surface area contributed by atoms with Crippen molar-refractivity contribution in [1.29, 1.82) is 0 Å². The predicted octanol–water partition coefficient (Wildman–Crippen LogP) is 2.21. The summed E-state index contributed by atoms with van der Waals surface area (Å²) in [5, 5.41) is 9.76. The third-order valence-electron chi connectivity index (χ3n) is 4.72. The van der Waals surface area contributed by atoms with Crippen LogP contribution in [0.5, 0.6) is 0 Å². The summed E-state index contributed by atoms with van der Waals surface area (Å²) >= 11 is 5.98. The number of piperidine rings is 1. The molecule has 124 valence electrons. The van der Waals surface area contributed by atoms with E-state index in [9.17, 15) is 14.7 Å². The Bertz CT molecular complexity index is 605. The van der Waals surface area contributed by atoms with E-state index in [1.807, 2.05) is 0 Å². The third kappa shape index (κ3) is 3.27. The molecule has 2 amide bonds. The topological polar surface area (TPSA) is 60.9 Å². The van der Waals surface area contributed by atoms with Crippen LogP contribution in [0, 0.1) is 0 Å². The molecule has 5 nitrogen and oxygen atoms in total. The van der Waals surface area contributed by atoms with Crippen LogP contribution in [0.25, 0.3) is 0 Å². The van der Waals surface area contributed by atoms with Crippen LogP contribution in [0.2, 0.25) is 5.02 Å². The Morgan fingerprint density at radius 2 is 2.09 bits per heavy atom. The lowest BCUT2D eigenvalue weighted by molar-refractivity contribution is -0.123. The number of imide groups is 1. The summed E-state index contributed by atoms with van der Waals surface area (Å²) in [5.41, 5.74) is 0.533. The molecule has 0 aromatic heterocycles. The predicted molar refractivity (Wildman–Crippen MR) is 88.4 cm³/mol. The first-order valence-electron chi connectivity index (χ1n) is 8.11. The number of aliphatic hydroxyl groups is 1. The maximum absolute atomic E-state index is 12.8. The van der Waals surface area contributed by atoms with Gasteiger partial charge in [-0.05, 0) is 44.0 Å². The number of likely N-dealkylation sites (tertiary alicyclic amines) is 1. The third-order valence-corrected chi connectivity index (χ3v) is 4.96. The Hall–Kier alpha value is -1.43. The number of carbonyl (C=O) groups excluding carboxylic acids is 2. The molecule has 23 heavy (non-hydrogen) atoms. The van der Waals surface area contributed by atoms with Gasteiger partial charge in [0.1, 0.15) is 0 Å². The maximum atomic E-state index is 12.8. The van der Waals surface area contributed by atoms with Crippen molar-refractivity contribution in [3.05, 3.63) is 29.3 Å². The highest BCUT2D eigenvalue weighted by Gasteiger charge is 2.44. The minimum absolute atomic E-state index is 0.105. The Morgan fingerprint density at radius 1 is 1.26 bits per heavy atom. The fourth-order valence-electron chi connectivity index (χ4n) is 3.65. The van der Waals surface area contributed by atoms with Crippen LogP contribution < -0.4 is 4.90 Å². The SMILES string of the molecule is O=C1C[C@@H](N2CCCC[C@H]2CCO)C(=O)N1c1cccc(Cl)c1. The van der Waals surface area contributed by atoms with Crippen molar-refractivity contribution in [1.82, 2.24) is 4.90 Å². The average molecular weight is 337 g/mol. The van der Waals surface area contributed by atoms with Crippen LogP contribution >= 0.6 is 11.6 Å². The quantitative estimate of drug-likeness (QED) is 0.856. The van der Waals surface area contributed by atoms with Crippen molar-refractivity contribution < 1.29 is 14.7 Å². The number of halogens is 1. The Morgan fingerprint density at radius 3 is 2.83 bits per heavy atom. The second-order valence-electron chi connectivity index (χ2n) is 6.17. The van der Waals surface area contributed by atoms with Crippen molar-refractivity contribution in [2.24, 2.45) is 0 Å². The van der Waals surface area contributed by atoms with E-state index in [-0.39, 0.29) is 30.9 Å². The lowest BCUT2D eigenvalue weighted by atomic mass is 9.97. The molecule has 2 atom stereocenters. The standard InChI is InChI=1S/C17H21ClN2O3/c18-12-4-3-6-14(10-12)20-16(22)11-15(17(20)23)19-8-2-1-5-13(19)7-9-21/h3-4,6,10,13,15,21H,1-2,5,7-9,11H2/t13-,15+/m0/s1. The number of hydrogen-bond donors (Lipinski definition) is 1. The van der Waals surface area contributed by atoms with Gasteiger partial charge in [-0.1, -0.05) is 24.1 Å². The van der Waals surface area contributed by atoms with Gasteiger partial charge >= 0.3 is 0 Å². The van der Waals surface area contributed by atoms with Crippen LogP contribution in [0.4, 0.5) is 5.69 Å². The molecule has 2 heterocycles. The molecule has 2 aliphatic heterocycles. The first-order valence-corrected chi connectivity index (χ1v) is 8.48. The summed E-state index contributed by atoms with van der Waals surface area (Å²) in [6.07, 6.45) is 3.95. The highest BCUT2D eigenvalue weighted by molar-refractivity contribution is 6.31. The molecule has 6 heteroatoms. The van der Waals surface area contributed by atoms with Crippen LogP contribution in [0.15, 0.2) is 24.3 Å². The van der Waals surface area contributed by atoms with Gasteiger partial charge in [-0.3, -0.25) is 14.5 Å². The van der Waals surface area contributed by atoms with Gasteiger partial charge in [0.2, 0.25) is 5.91 Å². The molecule has 0 bridgehead atoms. The van der Waals surface area contributed by atoms with E-state index in [1.54, 1.807) is 24.3 Å². The highest BCUT2D eigenvalue weighted by atomic mass is 35.5. The van der Waals surface area contributed by atoms with Gasteiger partial charge in [0.25, 0.3) is 5.91 Å². The summed E-state index contributed by atoms with van der Waals surface area (Å²) in [5.74, 6) is -0.363. The van der Waals surface area contributed by atoms with Gasteiger partial charge < -0.3 is 5.11 Å². The zero-order chi connectivity index (χ0) is 16.4. The summed E-state index contributed by atoms with van der Waals surface area (Å²) in [6, 6.07) is 6.58. The molecule has 0 radical (unpaired) electrons. The number of nitrogens with zero attached hydrogens (tertiary/aromatic N) is 2. The van der Waals surface area contributed by atoms with E-state index < -0.39 is 6.04 Å². The van der Waals surface area contributed by atoms with Crippen LogP contribution in [-0.4, -0.2) is 47.1 Å². The smallest absolute Gasteiger partial charge is 0.251 e. The summed E-state index contributed by atoms with van der Waals surface area (Å²) < 4.78 is 0. The summed E-state index contributed by atoms with van der Waals surface area (Å²) in [6.45, 7) is 0.909. The fourth-order valence-corrected chi connectivity index (χ4v) is 3.84. The Labute approximate surface area is 140 Å². The monoisotopic (exact) mass is 336 g/mol. The molecule has 1 aromatic rings. The van der Waals surface area contributed by atoms with E-state index in [0.717, 1.165) is 25.8 Å². The number of hydrogen-bond acceptors (Lipinski definition) is 4. The summed E-state index contributed by atoms with van der Waals surface area (Å²) in [7, 11) is 0. The normalized spacial score (nSPS) is 26.1. The number of anilines is 1. The average Bonchev–Trinajstić information content (AvgIpc) is 2.83. The minimum atomic E-state index is -0.418. The van der Waals surface area contributed by atoms with Crippen LogP contribution in [0.3, 0.4) is 0 Å². The molecular formula is C17H21ClN2O3. The number of aliphatic hydroxyl groups excluding tert-OH is 1. The zero-order valence-electron chi connectivity index (χ0n) is 12.9.